The van der Waals surface area contributed by atoms with Crippen LogP contribution in [0.5, 0.6) is 0 Å². The van der Waals surface area contributed by atoms with Crippen LogP contribution in [0.4, 0.5) is 10.1 Å². The molecule has 1 saturated carbocycles. The number of benzene rings is 3. The number of rotatable bonds is 8. The molecule has 1 fully saturated rings. The highest BCUT2D eigenvalue weighted by molar-refractivity contribution is 7.97. The van der Waals surface area contributed by atoms with Gasteiger partial charge in [-0.25, -0.2) is 9.37 Å². The summed E-state index contributed by atoms with van der Waals surface area (Å²) >= 11 is 7.74. The van der Waals surface area contributed by atoms with Gasteiger partial charge in [-0.3, -0.25) is 9.52 Å². The lowest BCUT2D eigenvalue weighted by Gasteiger charge is -2.24. The normalized spacial score (nSPS) is 19.8. The second kappa shape index (κ2) is 10.6. The molecule has 0 radical (unpaired) electrons. The summed E-state index contributed by atoms with van der Waals surface area (Å²) in [6, 6.07) is 20.9. The first kappa shape index (κ1) is 25.2. The van der Waals surface area contributed by atoms with Crippen LogP contribution in [0.2, 0.25) is 5.02 Å². The molecule has 3 atom stereocenters. The molecule has 1 aromatic heterocycles. The third-order valence-electron chi connectivity index (χ3n) is 7.51. The molecule has 0 spiro atoms. The summed E-state index contributed by atoms with van der Waals surface area (Å²) in [5.41, 5.74) is 4.26. The molecule has 8 heteroatoms. The van der Waals surface area contributed by atoms with E-state index in [4.69, 9.17) is 11.6 Å². The zero-order valence-electron chi connectivity index (χ0n) is 21.0. The second-order valence-corrected chi connectivity index (χ2v) is 11.4. The molecular weight excluding hydrogens is 519 g/mol. The summed E-state index contributed by atoms with van der Waals surface area (Å²) in [6.07, 6.45) is 6.34. The van der Waals surface area contributed by atoms with Gasteiger partial charge in [-0.05, 0) is 96.3 Å². The SMILES string of the molecule is Cn1ccnc1CN(C(=O)[C@H]1C[C@@H]1c1cccc(F)c1)c1ccc2c(c1)[C@H](NSc1cccc(Cl)c1)CC2. The van der Waals surface area contributed by atoms with Gasteiger partial charge in [-0.15, -0.1) is 0 Å². The molecule has 4 aromatic rings. The number of aryl methyl sites for hydroxylation is 2. The minimum absolute atomic E-state index is 0.0417. The number of nitrogens with one attached hydrogen (secondary N) is 1. The quantitative estimate of drug-likeness (QED) is 0.246. The van der Waals surface area contributed by atoms with Crippen molar-refractivity contribution in [3.63, 3.8) is 0 Å². The number of aromatic nitrogens is 2. The highest BCUT2D eigenvalue weighted by atomic mass is 35.5. The van der Waals surface area contributed by atoms with Crippen molar-refractivity contribution in [3.05, 3.63) is 112 Å². The molecule has 6 rings (SSSR count). The maximum absolute atomic E-state index is 13.9. The fourth-order valence-electron chi connectivity index (χ4n) is 5.31. The van der Waals surface area contributed by atoms with Crippen molar-refractivity contribution in [2.75, 3.05) is 4.90 Å². The predicted molar refractivity (Wildman–Crippen MR) is 150 cm³/mol. The zero-order valence-corrected chi connectivity index (χ0v) is 22.6. The molecule has 1 amide bonds. The topological polar surface area (TPSA) is 50.2 Å². The summed E-state index contributed by atoms with van der Waals surface area (Å²) < 4.78 is 19.4. The lowest BCUT2D eigenvalue weighted by atomic mass is 10.1. The predicted octanol–water partition coefficient (Wildman–Crippen LogP) is 6.83. The Hall–Kier alpha value is -3.13. The number of fused-ring (bicyclic) bond motifs is 1. The Morgan fingerprint density at radius 3 is 2.84 bits per heavy atom. The van der Waals surface area contributed by atoms with E-state index in [1.165, 1.54) is 17.2 Å². The van der Waals surface area contributed by atoms with Gasteiger partial charge in [0.2, 0.25) is 5.91 Å². The lowest BCUT2D eigenvalue weighted by molar-refractivity contribution is -0.120. The van der Waals surface area contributed by atoms with Gasteiger partial charge in [0.05, 0.1) is 6.54 Å². The van der Waals surface area contributed by atoms with E-state index in [2.05, 4.69) is 21.8 Å². The van der Waals surface area contributed by atoms with Crippen LogP contribution >= 0.6 is 23.5 Å². The number of imidazole rings is 1. The van der Waals surface area contributed by atoms with Crippen molar-refractivity contribution in [1.29, 1.82) is 0 Å². The number of hydrogen-bond acceptors (Lipinski definition) is 4. The number of carbonyl (C=O) groups is 1. The largest absolute Gasteiger partial charge is 0.337 e. The van der Waals surface area contributed by atoms with Crippen molar-refractivity contribution < 1.29 is 9.18 Å². The molecule has 0 unspecified atom stereocenters. The molecule has 3 aromatic carbocycles. The second-order valence-electron chi connectivity index (χ2n) is 10.0. The lowest BCUT2D eigenvalue weighted by Crippen LogP contribution is -2.33. The molecule has 2 aliphatic carbocycles. The van der Waals surface area contributed by atoms with Crippen LogP contribution in [0, 0.1) is 11.7 Å². The maximum Gasteiger partial charge on any atom is 0.231 e. The Morgan fingerprint density at radius 2 is 2.05 bits per heavy atom. The number of halogens is 2. The van der Waals surface area contributed by atoms with Crippen LogP contribution in [-0.4, -0.2) is 15.5 Å². The van der Waals surface area contributed by atoms with Crippen molar-refractivity contribution in [1.82, 2.24) is 14.3 Å². The summed E-state index contributed by atoms with van der Waals surface area (Å²) in [6.45, 7) is 0.378. The number of nitrogens with zero attached hydrogens (tertiary/aromatic N) is 3. The number of carbonyl (C=O) groups excluding carboxylic acids is 1. The molecule has 0 aliphatic heterocycles. The fraction of sp³-hybridized carbons (Fsp3) is 0.267. The van der Waals surface area contributed by atoms with Gasteiger partial charge in [-0.2, -0.15) is 0 Å². The Morgan fingerprint density at radius 1 is 1.18 bits per heavy atom. The van der Waals surface area contributed by atoms with Crippen molar-refractivity contribution >= 4 is 35.1 Å². The average molecular weight is 547 g/mol. The Bertz CT molecular complexity index is 1490. The van der Waals surface area contributed by atoms with Gasteiger partial charge in [0.15, 0.2) is 0 Å². The molecule has 2 aliphatic rings. The highest BCUT2D eigenvalue weighted by Crippen LogP contribution is 2.49. The summed E-state index contributed by atoms with van der Waals surface area (Å²) in [4.78, 5) is 21.3. The van der Waals surface area contributed by atoms with E-state index in [-0.39, 0.29) is 29.6 Å². The Kier molecular flexibility index (Phi) is 6.99. The first-order chi connectivity index (χ1) is 18.5. The van der Waals surface area contributed by atoms with E-state index in [0.717, 1.165) is 41.2 Å². The van der Waals surface area contributed by atoms with E-state index >= 15 is 0 Å². The molecule has 1 heterocycles. The van der Waals surface area contributed by atoms with Gasteiger partial charge < -0.3 is 9.47 Å². The van der Waals surface area contributed by atoms with E-state index in [9.17, 15) is 9.18 Å². The molecule has 38 heavy (non-hydrogen) atoms. The van der Waals surface area contributed by atoms with Crippen LogP contribution in [0.1, 0.15) is 47.3 Å². The first-order valence-corrected chi connectivity index (χ1v) is 14.0. The van der Waals surface area contributed by atoms with Crippen molar-refractivity contribution in [2.24, 2.45) is 13.0 Å². The monoisotopic (exact) mass is 546 g/mol. The molecular formula is C30H28ClFN4OS. The first-order valence-electron chi connectivity index (χ1n) is 12.8. The van der Waals surface area contributed by atoms with Gasteiger partial charge in [0.25, 0.3) is 0 Å². The van der Waals surface area contributed by atoms with Crippen LogP contribution < -0.4 is 9.62 Å². The molecule has 0 bridgehead atoms. The van der Waals surface area contributed by atoms with Gasteiger partial charge >= 0.3 is 0 Å². The van der Waals surface area contributed by atoms with E-state index < -0.39 is 0 Å². The Balaban J connectivity index is 1.26. The summed E-state index contributed by atoms with van der Waals surface area (Å²) in [5.74, 6) is 0.474. The summed E-state index contributed by atoms with van der Waals surface area (Å²) in [5, 5.41) is 0.714. The van der Waals surface area contributed by atoms with E-state index in [1.54, 1.807) is 30.3 Å². The van der Waals surface area contributed by atoms with Gasteiger partial charge in [0.1, 0.15) is 11.6 Å². The minimum atomic E-state index is -0.265. The van der Waals surface area contributed by atoms with Crippen LogP contribution in [0.15, 0.2) is 84.0 Å². The van der Waals surface area contributed by atoms with Crippen LogP contribution in [0.3, 0.4) is 0 Å². The highest BCUT2D eigenvalue weighted by Gasteiger charge is 2.46. The van der Waals surface area contributed by atoms with E-state index in [0.29, 0.717) is 11.6 Å². The average Bonchev–Trinajstić information content (AvgIpc) is 3.46. The third kappa shape index (κ3) is 5.23. The standard InChI is InChI=1S/C30H28ClFN4OS/c1-35-13-12-33-29(35)18-36(30(37)27-17-25(27)20-4-2-6-22(32)14-20)23-10-8-19-9-11-28(26(19)16-23)34-38-24-7-3-5-21(31)15-24/h2-8,10,12-16,25,27-28,34H,9,11,17-18H2,1H3/t25-,27+,28-/m1/s1. The molecule has 1 N–H and O–H groups in total. The van der Waals surface area contributed by atoms with Crippen molar-refractivity contribution in [3.8, 4) is 0 Å². The van der Waals surface area contributed by atoms with Gasteiger partial charge in [0, 0.05) is 47.0 Å². The molecule has 0 saturated heterocycles. The molecule has 5 nitrogen and oxygen atoms in total. The number of amides is 1. The third-order valence-corrected chi connectivity index (χ3v) is 8.63. The van der Waals surface area contributed by atoms with Crippen LogP contribution in [-0.2, 0) is 24.8 Å². The zero-order chi connectivity index (χ0) is 26.2. The number of anilines is 1. The van der Waals surface area contributed by atoms with Gasteiger partial charge in [-0.1, -0.05) is 35.9 Å². The van der Waals surface area contributed by atoms with E-state index in [1.807, 2.05) is 59.1 Å². The molecule has 194 valence electrons. The smallest absolute Gasteiger partial charge is 0.231 e. The number of hydrogen-bond donors (Lipinski definition) is 1. The fourth-order valence-corrected chi connectivity index (χ4v) is 6.42. The summed E-state index contributed by atoms with van der Waals surface area (Å²) in [7, 11) is 1.94. The van der Waals surface area contributed by atoms with Crippen LogP contribution in [0.25, 0.3) is 0 Å². The minimum Gasteiger partial charge on any atom is -0.337 e. The van der Waals surface area contributed by atoms with Crippen molar-refractivity contribution in [2.45, 2.75) is 42.7 Å². The Labute approximate surface area is 231 Å². The maximum atomic E-state index is 13.9.